The van der Waals surface area contributed by atoms with Crippen LogP contribution in [0.1, 0.15) is 43.7 Å². The minimum atomic E-state index is 0.363. The molecule has 0 aromatic heterocycles. The van der Waals surface area contributed by atoms with Gasteiger partial charge in [0.25, 0.3) is 0 Å². The maximum Gasteiger partial charge on any atom is 0.119 e. The van der Waals surface area contributed by atoms with Gasteiger partial charge in [-0.1, -0.05) is 50.5 Å². The highest BCUT2D eigenvalue weighted by molar-refractivity contribution is 5.81. The molecule has 0 fully saturated rings. The van der Waals surface area contributed by atoms with E-state index in [1.807, 2.05) is 54.6 Å². The maximum absolute atomic E-state index is 9.68. The summed E-state index contributed by atoms with van der Waals surface area (Å²) >= 11 is 0. The Kier molecular flexibility index (Phi) is 7.68. The lowest BCUT2D eigenvalue weighted by molar-refractivity contribution is 0.305. The summed E-state index contributed by atoms with van der Waals surface area (Å²) < 4.78 is 11.1. The molecule has 0 saturated carbocycles. The normalized spacial score (nSPS) is 10.2. The first kappa shape index (κ1) is 21.9. The Morgan fingerprint density at radius 2 is 1.42 bits per heavy atom. The van der Waals surface area contributed by atoms with Crippen LogP contribution >= 0.6 is 0 Å². The Bertz CT molecular complexity index is 1090. The molecule has 0 radical (unpaired) electrons. The van der Waals surface area contributed by atoms with E-state index in [0.29, 0.717) is 11.1 Å². The topological polar surface area (TPSA) is 66.0 Å². The summed E-state index contributed by atoms with van der Waals surface area (Å²) in [6.45, 7) is 2.91. The van der Waals surface area contributed by atoms with Gasteiger partial charge in [0.05, 0.1) is 24.8 Å². The van der Waals surface area contributed by atoms with Crippen LogP contribution in [-0.2, 0) is 0 Å². The lowest BCUT2D eigenvalue weighted by Gasteiger charge is -2.12. The van der Waals surface area contributed by atoms with Gasteiger partial charge in [0.15, 0.2) is 0 Å². The van der Waals surface area contributed by atoms with Gasteiger partial charge in [-0.25, -0.2) is 0 Å². The molecular weight excluding hydrogens is 384 g/mol. The average molecular weight is 411 g/mol. The molecule has 156 valence electrons. The molecule has 0 spiro atoms. The molecular formula is C27H26N2O2. The molecule has 4 nitrogen and oxygen atoms in total. The van der Waals surface area contributed by atoms with Crippen molar-refractivity contribution in [3.8, 4) is 45.9 Å². The Balaban J connectivity index is 1.89. The Hall–Kier alpha value is -3.76. The summed E-state index contributed by atoms with van der Waals surface area (Å²) in [7, 11) is 1.61. The van der Waals surface area contributed by atoms with Gasteiger partial charge >= 0.3 is 0 Å². The van der Waals surface area contributed by atoms with Crippen LogP contribution in [0, 0.1) is 22.7 Å². The van der Waals surface area contributed by atoms with Crippen LogP contribution < -0.4 is 9.47 Å². The second-order valence-corrected chi connectivity index (χ2v) is 7.33. The summed E-state index contributed by atoms with van der Waals surface area (Å²) in [5.41, 5.74) is 4.19. The molecule has 3 rings (SSSR count). The molecule has 4 heteroatoms. The minimum Gasteiger partial charge on any atom is -0.497 e. The van der Waals surface area contributed by atoms with Gasteiger partial charge in [0.1, 0.15) is 23.6 Å². The van der Waals surface area contributed by atoms with Gasteiger partial charge in [0, 0.05) is 5.56 Å². The first-order valence-electron chi connectivity index (χ1n) is 10.6. The van der Waals surface area contributed by atoms with Crippen LogP contribution in [0.2, 0.25) is 0 Å². The number of hydrogen-bond donors (Lipinski definition) is 0. The van der Waals surface area contributed by atoms with E-state index in [1.54, 1.807) is 13.2 Å². The molecule has 0 heterocycles. The molecule has 0 aliphatic rings. The summed E-state index contributed by atoms with van der Waals surface area (Å²) in [4.78, 5) is 0. The predicted molar refractivity (Wildman–Crippen MR) is 123 cm³/mol. The number of methoxy groups -OCH3 is 1. The summed E-state index contributed by atoms with van der Waals surface area (Å²) in [6.07, 6.45) is 4.69. The zero-order valence-electron chi connectivity index (χ0n) is 18.0. The highest BCUT2D eigenvalue weighted by atomic mass is 16.5. The van der Waals surface area contributed by atoms with Gasteiger partial charge in [-0.05, 0) is 59.5 Å². The number of ether oxygens (including phenoxy) is 2. The lowest BCUT2D eigenvalue weighted by Crippen LogP contribution is -1.97. The third-order valence-corrected chi connectivity index (χ3v) is 5.23. The molecule has 0 N–H and O–H groups in total. The molecule has 0 bridgehead atoms. The Morgan fingerprint density at radius 1 is 0.742 bits per heavy atom. The number of hydrogen-bond acceptors (Lipinski definition) is 4. The van der Waals surface area contributed by atoms with Gasteiger partial charge < -0.3 is 9.47 Å². The van der Waals surface area contributed by atoms with E-state index in [2.05, 4.69) is 19.1 Å². The van der Waals surface area contributed by atoms with Crippen LogP contribution in [0.5, 0.6) is 11.5 Å². The predicted octanol–water partition coefficient (Wildman–Crippen LogP) is 6.73. The quantitative estimate of drug-likeness (QED) is 0.367. The number of rotatable bonds is 9. The summed E-state index contributed by atoms with van der Waals surface area (Å²) in [5, 5.41) is 19.3. The van der Waals surface area contributed by atoms with Gasteiger partial charge in [-0.15, -0.1) is 0 Å². The van der Waals surface area contributed by atoms with Crippen LogP contribution in [-0.4, -0.2) is 13.7 Å². The van der Waals surface area contributed by atoms with E-state index in [-0.39, 0.29) is 0 Å². The van der Waals surface area contributed by atoms with E-state index < -0.39 is 0 Å². The van der Waals surface area contributed by atoms with Crippen LogP contribution in [0.4, 0.5) is 0 Å². The third-order valence-electron chi connectivity index (χ3n) is 5.23. The molecule has 0 aliphatic carbocycles. The van der Waals surface area contributed by atoms with Gasteiger partial charge in [-0.2, -0.15) is 10.5 Å². The fourth-order valence-corrected chi connectivity index (χ4v) is 3.48. The maximum atomic E-state index is 9.68. The van der Waals surface area contributed by atoms with Crippen molar-refractivity contribution in [3.63, 3.8) is 0 Å². The minimum absolute atomic E-state index is 0.363. The molecule has 3 aromatic carbocycles. The average Bonchev–Trinajstić information content (AvgIpc) is 2.83. The van der Waals surface area contributed by atoms with E-state index in [0.717, 1.165) is 46.8 Å². The van der Waals surface area contributed by atoms with E-state index >= 15 is 0 Å². The molecule has 3 aromatic rings. The Morgan fingerprint density at radius 3 is 2.03 bits per heavy atom. The first-order valence-corrected chi connectivity index (χ1v) is 10.6. The fraction of sp³-hybridized carbons (Fsp3) is 0.259. The number of benzene rings is 3. The zero-order chi connectivity index (χ0) is 22.1. The highest BCUT2D eigenvalue weighted by Gasteiger charge is 2.14. The molecule has 0 aliphatic heterocycles. The van der Waals surface area contributed by atoms with E-state index in [9.17, 15) is 10.5 Å². The highest BCUT2D eigenvalue weighted by Crippen LogP contribution is 2.33. The van der Waals surface area contributed by atoms with Crippen molar-refractivity contribution in [1.82, 2.24) is 0 Å². The lowest BCUT2D eigenvalue weighted by atomic mass is 9.91. The van der Waals surface area contributed by atoms with Crippen LogP contribution in [0.25, 0.3) is 22.3 Å². The first-order chi connectivity index (χ1) is 15.2. The van der Waals surface area contributed by atoms with Gasteiger partial charge in [0.2, 0.25) is 0 Å². The second-order valence-electron chi connectivity index (χ2n) is 7.33. The zero-order valence-corrected chi connectivity index (χ0v) is 18.0. The number of nitriles is 2. The molecule has 0 amide bonds. The molecule has 0 atom stereocenters. The standard InChI is InChI=1S/C27H26N2O2/c1-3-4-5-6-15-31-25-13-7-20(8-14-25)22-16-23(18-28)27(19-29)26(17-22)21-9-11-24(30-2)12-10-21/h7-14,16-17H,3-6,15H2,1-2H3. The summed E-state index contributed by atoms with van der Waals surface area (Å²) in [5.74, 6) is 1.58. The monoisotopic (exact) mass is 410 g/mol. The molecule has 0 unspecified atom stereocenters. The van der Waals surface area contributed by atoms with Crippen molar-refractivity contribution in [3.05, 3.63) is 71.8 Å². The van der Waals surface area contributed by atoms with Gasteiger partial charge in [-0.3, -0.25) is 0 Å². The molecule has 0 saturated heterocycles. The van der Waals surface area contributed by atoms with Crippen molar-refractivity contribution in [2.45, 2.75) is 32.6 Å². The van der Waals surface area contributed by atoms with Crippen LogP contribution in [0.3, 0.4) is 0 Å². The number of unbranched alkanes of at least 4 members (excludes halogenated alkanes) is 3. The fourth-order valence-electron chi connectivity index (χ4n) is 3.48. The van der Waals surface area contributed by atoms with Crippen molar-refractivity contribution in [2.24, 2.45) is 0 Å². The van der Waals surface area contributed by atoms with Crippen LogP contribution in [0.15, 0.2) is 60.7 Å². The van der Waals surface area contributed by atoms with Crippen molar-refractivity contribution < 1.29 is 9.47 Å². The largest absolute Gasteiger partial charge is 0.497 e. The second kappa shape index (κ2) is 10.9. The molecule has 31 heavy (non-hydrogen) atoms. The van der Waals surface area contributed by atoms with Crippen molar-refractivity contribution >= 4 is 0 Å². The van der Waals surface area contributed by atoms with E-state index in [1.165, 1.54) is 19.3 Å². The van der Waals surface area contributed by atoms with E-state index in [4.69, 9.17) is 9.47 Å². The number of nitrogens with zero attached hydrogens (tertiary/aromatic N) is 2. The smallest absolute Gasteiger partial charge is 0.119 e. The summed E-state index contributed by atoms with van der Waals surface area (Å²) in [6, 6.07) is 23.5. The Labute approximate surface area is 184 Å². The third kappa shape index (κ3) is 5.44. The van der Waals surface area contributed by atoms with Crippen molar-refractivity contribution in [2.75, 3.05) is 13.7 Å². The van der Waals surface area contributed by atoms with Crippen molar-refractivity contribution in [1.29, 1.82) is 10.5 Å². The SMILES string of the molecule is CCCCCCOc1ccc(-c2cc(C#N)c(C#N)c(-c3ccc(OC)cc3)c2)cc1.